The first-order valence-electron chi connectivity index (χ1n) is 6.72. The van der Waals surface area contributed by atoms with Crippen molar-refractivity contribution < 1.29 is 21.2 Å². The molecule has 0 bridgehead atoms. The summed E-state index contributed by atoms with van der Waals surface area (Å²) in [6, 6.07) is 21.6. The van der Waals surface area contributed by atoms with E-state index in [0.717, 1.165) is 0 Å². The Balaban J connectivity index is 1.74. The van der Waals surface area contributed by atoms with E-state index in [1.54, 1.807) is 5.57 Å². The lowest BCUT2D eigenvalue weighted by Gasteiger charge is -2.00. The number of aryl methyl sites for hydroxylation is 1. The maximum absolute atomic E-state index is 2.47. The number of allylic oxidation sites excluding steroid dienone is 1. The summed E-state index contributed by atoms with van der Waals surface area (Å²) in [7, 11) is 0. The van der Waals surface area contributed by atoms with Gasteiger partial charge in [0.2, 0.25) is 0 Å². The molecular formula is C18H20I+. The molecule has 0 saturated carbocycles. The van der Waals surface area contributed by atoms with Gasteiger partial charge in [0.1, 0.15) is 0 Å². The zero-order valence-corrected chi connectivity index (χ0v) is 13.5. The largest absolute Gasteiger partial charge is 0.349 e. The van der Waals surface area contributed by atoms with Crippen molar-refractivity contribution in [2.75, 3.05) is 0 Å². The Bertz CT molecular complexity index is 500. The zero-order chi connectivity index (χ0) is 13.3. The summed E-state index contributed by atoms with van der Waals surface area (Å²) in [6.07, 6.45) is 3.67. The molecule has 2 aromatic carbocycles. The summed E-state index contributed by atoms with van der Waals surface area (Å²) in [5.74, 6) is 0. The molecule has 1 heteroatoms. The van der Waals surface area contributed by atoms with Crippen LogP contribution in [0.5, 0.6) is 0 Å². The van der Waals surface area contributed by atoms with Crippen molar-refractivity contribution in [3.05, 3.63) is 79.5 Å². The Labute approximate surface area is 126 Å². The molecule has 0 spiro atoms. The van der Waals surface area contributed by atoms with Crippen LogP contribution in [0.4, 0.5) is 0 Å². The highest BCUT2D eigenvalue weighted by atomic mass is 127. The monoisotopic (exact) mass is 363 g/mol. The van der Waals surface area contributed by atoms with Gasteiger partial charge >= 0.3 is 21.2 Å². The normalized spacial score (nSPS) is 11.5. The molecule has 98 valence electrons. The number of rotatable bonds is 6. The van der Waals surface area contributed by atoms with Gasteiger partial charge in [-0.05, 0) is 49.5 Å². The molecule has 0 aliphatic rings. The van der Waals surface area contributed by atoms with E-state index >= 15 is 0 Å². The van der Waals surface area contributed by atoms with E-state index in [1.165, 1.54) is 28.4 Å². The number of benzene rings is 2. The van der Waals surface area contributed by atoms with Crippen molar-refractivity contribution in [2.24, 2.45) is 0 Å². The average Bonchev–Trinajstić information content (AvgIpc) is 2.47. The van der Waals surface area contributed by atoms with Gasteiger partial charge in [-0.3, -0.25) is 0 Å². The van der Waals surface area contributed by atoms with Crippen LogP contribution in [-0.4, -0.2) is 0 Å². The van der Waals surface area contributed by atoms with E-state index in [9.17, 15) is 0 Å². The van der Waals surface area contributed by atoms with Crippen molar-refractivity contribution in [3.8, 4) is 0 Å². The van der Waals surface area contributed by atoms with Crippen LogP contribution in [0.1, 0.15) is 25.3 Å². The average molecular weight is 363 g/mol. The molecule has 0 unspecified atom stereocenters. The summed E-state index contributed by atoms with van der Waals surface area (Å²) in [6.45, 7) is 2.27. The minimum Gasteiger partial charge on any atom is -0.0622 e. The van der Waals surface area contributed by atoms with E-state index in [4.69, 9.17) is 0 Å². The van der Waals surface area contributed by atoms with E-state index in [2.05, 4.69) is 71.7 Å². The van der Waals surface area contributed by atoms with Crippen LogP contribution in [0.15, 0.2) is 70.3 Å². The molecule has 2 rings (SSSR count). The predicted octanol–water partition coefficient (Wildman–Crippen LogP) is 1.87. The molecule has 19 heavy (non-hydrogen) atoms. The molecule has 0 saturated heterocycles. The molecule has 0 aliphatic carbocycles. The van der Waals surface area contributed by atoms with Crippen molar-refractivity contribution in [1.82, 2.24) is 0 Å². The lowest BCUT2D eigenvalue weighted by molar-refractivity contribution is -0.557. The van der Waals surface area contributed by atoms with Gasteiger partial charge in [0.15, 0.2) is 7.65 Å². The summed E-state index contributed by atoms with van der Waals surface area (Å²) < 4.78 is 3.97. The molecule has 0 radical (unpaired) electrons. The highest BCUT2D eigenvalue weighted by molar-refractivity contribution is 5.14. The van der Waals surface area contributed by atoms with Crippen LogP contribution >= 0.6 is 0 Å². The maximum atomic E-state index is 2.47. The van der Waals surface area contributed by atoms with Crippen LogP contribution in [-0.2, 0) is 6.42 Å². The van der Waals surface area contributed by atoms with Gasteiger partial charge in [0.25, 0.3) is 0 Å². The smallest absolute Gasteiger partial charge is 0.0622 e. The van der Waals surface area contributed by atoms with E-state index < -0.39 is 0 Å². The van der Waals surface area contributed by atoms with Crippen molar-refractivity contribution in [1.29, 1.82) is 0 Å². The molecule has 0 atom stereocenters. The van der Waals surface area contributed by atoms with Gasteiger partial charge in [-0.25, -0.2) is 0 Å². The van der Waals surface area contributed by atoms with Crippen LogP contribution in [0, 0.1) is 3.57 Å². The number of halogens is 1. The van der Waals surface area contributed by atoms with Crippen LogP contribution in [0.2, 0.25) is 0 Å². The lowest BCUT2D eigenvalue weighted by Crippen LogP contribution is -3.59. The Hall–Kier alpha value is -1.09. The standard InChI is InChI=1S/C18H20I/c1-16(15-19-18-13-6-3-7-14-18)9-8-12-17-10-4-2-5-11-17/h2-7,10-11,13-15H,8-9,12H2,1H3/q+1/b16-15+. The summed E-state index contributed by atoms with van der Waals surface area (Å²) in [4.78, 5) is 0. The SMILES string of the molecule is C/C(=C\[I+]c1ccccc1)CCCc1ccccc1. The predicted molar refractivity (Wildman–Crippen MR) is 78.3 cm³/mol. The van der Waals surface area contributed by atoms with Crippen molar-refractivity contribution >= 4 is 0 Å². The maximum Gasteiger partial charge on any atom is 0.349 e. The zero-order valence-electron chi connectivity index (χ0n) is 11.4. The van der Waals surface area contributed by atoms with Gasteiger partial charge in [0.05, 0.1) is 0 Å². The Morgan fingerprint density at radius 2 is 1.58 bits per heavy atom. The van der Waals surface area contributed by atoms with Gasteiger partial charge in [0, 0.05) is 0 Å². The fourth-order valence-electron chi connectivity index (χ4n) is 1.91. The van der Waals surface area contributed by atoms with Crippen LogP contribution < -0.4 is 21.2 Å². The number of hydrogen-bond acceptors (Lipinski definition) is 0. The fraction of sp³-hybridized carbons (Fsp3) is 0.222. The third-order valence-corrected chi connectivity index (χ3v) is 5.79. The minimum atomic E-state index is 0.0515. The Morgan fingerprint density at radius 1 is 0.947 bits per heavy atom. The molecule has 2 aromatic rings. The molecule has 0 aliphatic heterocycles. The highest BCUT2D eigenvalue weighted by Crippen LogP contribution is 2.08. The summed E-state index contributed by atoms with van der Waals surface area (Å²) >= 11 is 0.0515. The molecular weight excluding hydrogens is 343 g/mol. The van der Waals surface area contributed by atoms with Crippen molar-refractivity contribution in [2.45, 2.75) is 26.2 Å². The summed E-state index contributed by atoms with van der Waals surface area (Å²) in [5.41, 5.74) is 3.00. The summed E-state index contributed by atoms with van der Waals surface area (Å²) in [5, 5.41) is 0. The van der Waals surface area contributed by atoms with Gasteiger partial charge in [-0.2, -0.15) is 0 Å². The van der Waals surface area contributed by atoms with Gasteiger partial charge in [-0.15, -0.1) is 0 Å². The van der Waals surface area contributed by atoms with E-state index in [-0.39, 0.29) is 21.2 Å². The topological polar surface area (TPSA) is 0 Å². The molecule has 0 N–H and O–H groups in total. The third kappa shape index (κ3) is 5.60. The lowest BCUT2D eigenvalue weighted by atomic mass is 10.1. The third-order valence-electron chi connectivity index (χ3n) is 2.98. The molecule has 0 amide bonds. The second-order valence-corrected chi connectivity index (χ2v) is 7.19. The first-order valence-corrected chi connectivity index (χ1v) is 9.05. The minimum absolute atomic E-state index is 0.0515. The molecule has 0 aromatic heterocycles. The second-order valence-electron chi connectivity index (χ2n) is 4.70. The first kappa shape index (κ1) is 14.3. The first-order chi connectivity index (χ1) is 9.34. The molecule has 0 nitrogen and oxygen atoms in total. The molecule has 0 fully saturated rings. The van der Waals surface area contributed by atoms with Crippen LogP contribution in [0.25, 0.3) is 0 Å². The molecule has 0 heterocycles. The Morgan fingerprint density at radius 3 is 2.26 bits per heavy atom. The Kier molecular flexibility index (Phi) is 6.15. The fourth-order valence-corrected chi connectivity index (χ4v) is 3.95. The number of hydrogen-bond donors (Lipinski definition) is 0. The van der Waals surface area contributed by atoms with Crippen molar-refractivity contribution in [3.63, 3.8) is 0 Å². The second kappa shape index (κ2) is 8.16. The van der Waals surface area contributed by atoms with E-state index in [1.807, 2.05) is 0 Å². The van der Waals surface area contributed by atoms with Gasteiger partial charge in [-0.1, -0.05) is 48.5 Å². The quantitative estimate of drug-likeness (QED) is 0.688. The van der Waals surface area contributed by atoms with Crippen LogP contribution in [0.3, 0.4) is 0 Å². The van der Waals surface area contributed by atoms with E-state index in [0.29, 0.717) is 0 Å². The van der Waals surface area contributed by atoms with Gasteiger partial charge < -0.3 is 0 Å². The highest BCUT2D eigenvalue weighted by Gasteiger charge is 2.07.